The van der Waals surface area contributed by atoms with Gasteiger partial charge in [-0.1, -0.05) is 5.16 Å². The van der Waals surface area contributed by atoms with E-state index in [1.807, 2.05) is 20.8 Å². The number of benzene rings is 2. The molecule has 0 amide bonds. The van der Waals surface area contributed by atoms with Crippen molar-refractivity contribution >= 4 is 16.0 Å². The van der Waals surface area contributed by atoms with Crippen LogP contribution in [0.4, 0.5) is 0 Å². The summed E-state index contributed by atoms with van der Waals surface area (Å²) >= 11 is 0. The third kappa shape index (κ3) is 5.45. The number of methoxy groups -OCH3 is 1. The van der Waals surface area contributed by atoms with Crippen LogP contribution in [0.15, 0.2) is 33.7 Å². The first-order valence-corrected chi connectivity index (χ1v) is 12.2. The van der Waals surface area contributed by atoms with Gasteiger partial charge in [0, 0.05) is 12.1 Å². The highest BCUT2D eigenvalue weighted by Crippen LogP contribution is 2.29. The molecule has 3 aromatic rings. The van der Waals surface area contributed by atoms with Crippen molar-refractivity contribution < 1.29 is 27.2 Å². The van der Waals surface area contributed by atoms with Crippen LogP contribution < -0.4 is 9.46 Å². The Hall–Kier alpha value is -3.24. The summed E-state index contributed by atoms with van der Waals surface area (Å²) in [6, 6.07) is 7.11. The third-order valence-corrected chi connectivity index (χ3v) is 7.73. The number of carbonyl (C=O) groups is 1. The predicted octanol–water partition coefficient (Wildman–Crippen LogP) is 3.70. The summed E-state index contributed by atoms with van der Waals surface area (Å²) in [5.41, 5.74) is 5.10. The fourth-order valence-corrected chi connectivity index (χ4v) is 5.24. The summed E-state index contributed by atoms with van der Waals surface area (Å²) in [4.78, 5) is 16.6. The van der Waals surface area contributed by atoms with Gasteiger partial charge in [0.2, 0.25) is 15.8 Å². The molecule has 1 N–H and O–H groups in total. The lowest BCUT2D eigenvalue weighted by Crippen LogP contribution is -2.28. The van der Waals surface area contributed by atoms with E-state index in [2.05, 4.69) is 14.9 Å². The van der Waals surface area contributed by atoms with E-state index in [-0.39, 0.29) is 30.4 Å². The molecule has 0 atom stereocenters. The fraction of sp³-hybridized carbons (Fsp3) is 0.375. The second-order valence-electron chi connectivity index (χ2n) is 8.00. The number of hydrogen-bond donors (Lipinski definition) is 1. The second kappa shape index (κ2) is 10.4. The predicted molar refractivity (Wildman–Crippen MR) is 126 cm³/mol. The van der Waals surface area contributed by atoms with E-state index < -0.39 is 16.0 Å². The number of sulfonamides is 1. The molecule has 0 saturated heterocycles. The number of aromatic nitrogens is 2. The lowest BCUT2D eigenvalue weighted by Gasteiger charge is -2.19. The largest absolute Gasteiger partial charge is 0.497 e. The number of ether oxygens (including phenoxy) is 2. The minimum atomic E-state index is -3.79. The number of nitrogens with one attached hydrogen (secondary N) is 1. The van der Waals surface area contributed by atoms with E-state index >= 15 is 0 Å². The van der Waals surface area contributed by atoms with Crippen LogP contribution in [-0.2, 0) is 26.2 Å². The fourth-order valence-electron chi connectivity index (χ4n) is 3.61. The minimum Gasteiger partial charge on any atom is -0.497 e. The molecule has 0 bridgehead atoms. The van der Waals surface area contributed by atoms with Crippen LogP contribution in [-0.4, -0.2) is 38.2 Å². The molecule has 0 spiro atoms. The summed E-state index contributed by atoms with van der Waals surface area (Å²) in [7, 11) is -2.21. The zero-order chi connectivity index (χ0) is 25.0. The van der Waals surface area contributed by atoms with Crippen LogP contribution in [0.25, 0.3) is 11.4 Å². The van der Waals surface area contributed by atoms with Gasteiger partial charge in [-0.05, 0) is 86.7 Å². The zero-order valence-corrected chi connectivity index (χ0v) is 21.0. The number of nitrogens with zero attached hydrogens (tertiary/aromatic N) is 2. The van der Waals surface area contributed by atoms with E-state index in [9.17, 15) is 13.2 Å². The van der Waals surface area contributed by atoms with Crippen LogP contribution in [0.5, 0.6) is 5.75 Å². The van der Waals surface area contributed by atoms with E-state index in [0.29, 0.717) is 22.7 Å². The topological polar surface area (TPSA) is 121 Å². The molecular formula is C24H29N3O6S. The molecule has 0 aliphatic rings. The summed E-state index contributed by atoms with van der Waals surface area (Å²) < 4.78 is 43.7. The molecule has 0 unspecified atom stereocenters. The Balaban J connectivity index is 1.55. The van der Waals surface area contributed by atoms with Gasteiger partial charge in [0.15, 0.2) is 6.61 Å². The molecule has 182 valence electrons. The average Bonchev–Trinajstić information content (AvgIpc) is 3.29. The molecule has 0 radical (unpaired) electrons. The zero-order valence-electron chi connectivity index (χ0n) is 20.2. The van der Waals surface area contributed by atoms with Gasteiger partial charge in [-0.2, -0.15) is 4.98 Å². The van der Waals surface area contributed by atoms with E-state index in [0.717, 1.165) is 22.3 Å². The SMILES string of the molecule is COc1ccc(-c2noc(COC(=O)CCNS(=O)(=O)c3c(C)c(C)c(C)c(C)c3C)n2)cc1. The normalized spacial score (nSPS) is 11.5. The Morgan fingerprint density at radius 1 is 0.971 bits per heavy atom. The molecule has 3 rings (SSSR count). The molecular weight excluding hydrogens is 458 g/mol. The molecule has 1 aromatic heterocycles. The molecule has 9 nitrogen and oxygen atoms in total. The van der Waals surface area contributed by atoms with Gasteiger partial charge >= 0.3 is 5.97 Å². The standard InChI is InChI=1S/C24H29N3O6S/c1-14-15(2)17(4)23(18(5)16(14)3)34(29,30)25-12-11-22(28)32-13-21-26-24(27-33-21)19-7-9-20(31-6)10-8-19/h7-10,25H,11-13H2,1-6H3. The minimum absolute atomic E-state index is 0.0903. The van der Waals surface area contributed by atoms with Crippen molar-refractivity contribution in [3.05, 3.63) is 58.0 Å². The van der Waals surface area contributed by atoms with Gasteiger partial charge in [-0.25, -0.2) is 13.1 Å². The maximum absolute atomic E-state index is 12.9. The van der Waals surface area contributed by atoms with E-state index in [1.165, 1.54) is 0 Å². The van der Waals surface area contributed by atoms with Crippen molar-refractivity contribution in [1.29, 1.82) is 0 Å². The Bertz CT molecular complexity index is 1270. The highest BCUT2D eigenvalue weighted by atomic mass is 32.2. The smallest absolute Gasteiger partial charge is 0.307 e. The molecule has 0 aliphatic carbocycles. The van der Waals surface area contributed by atoms with Gasteiger partial charge < -0.3 is 14.0 Å². The van der Waals surface area contributed by atoms with Crippen molar-refractivity contribution in [2.24, 2.45) is 0 Å². The van der Waals surface area contributed by atoms with Crippen molar-refractivity contribution in [2.45, 2.75) is 52.5 Å². The number of hydrogen-bond acceptors (Lipinski definition) is 8. The van der Waals surface area contributed by atoms with Crippen molar-refractivity contribution in [3.8, 4) is 17.1 Å². The molecule has 1 heterocycles. The van der Waals surface area contributed by atoms with E-state index in [4.69, 9.17) is 14.0 Å². The van der Waals surface area contributed by atoms with Crippen LogP contribution >= 0.6 is 0 Å². The molecule has 0 aliphatic heterocycles. The van der Waals surface area contributed by atoms with E-state index in [1.54, 1.807) is 45.2 Å². The number of rotatable bonds is 9. The molecule has 10 heteroatoms. The Kier molecular flexibility index (Phi) is 7.73. The average molecular weight is 488 g/mol. The molecule has 34 heavy (non-hydrogen) atoms. The van der Waals surface area contributed by atoms with Gasteiger partial charge in [-0.3, -0.25) is 4.79 Å². The van der Waals surface area contributed by atoms with Crippen LogP contribution in [0.3, 0.4) is 0 Å². The first-order valence-electron chi connectivity index (χ1n) is 10.7. The lowest BCUT2D eigenvalue weighted by atomic mass is 9.95. The van der Waals surface area contributed by atoms with Gasteiger partial charge in [-0.15, -0.1) is 0 Å². The summed E-state index contributed by atoms with van der Waals surface area (Å²) in [6.07, 6.45) is -0.138. The molecule has 0 saturated carbocycles. The first-order chi connectivity index (χ1) is 16.0. The molecule has 0 fully saturated rings. The highest BCUT2D eigenvalue weighted by molar-refractivity contribution is 7.89. The maximum Gasteiger partial charge on any atom is 0.307 e. The van der Waals surface area contributed by atoms with Crippen LogP contribution in [0.2, 0.25) is 0 Å². The van der Waals surface area contributed by atoms with Crippen molar-refractivity contribution in [1.82, 2.24) is 14.9 Å². The second-order valence-corrected chi connectivity index (χ2v) is 9.71. The van der Waals surface area contributed by atoms with Crippen LogP contribution in [0.1, 0.15) is 40.1 Å². The number of carbonyl (C=O) groups excluding carboxylic acids is 1. The van der Waals surface area contributed by atoms with Gasteiger partial charge in [0.1, 0.15) is 5.75 Å². The lowest BCUT2D eigenvalue weighted by molar-refractivity contribution is -0.145. The monoisotopic (exact) mass is 487 g/mol. The Labute approximate surface area is 199 Å². The van der Waals surface area contributed by atoms with Crippen molar-refractivity contribution in [3.63, 3.8) is 0 Å². The van der Waals surface area contributed by atoms with Gasteiger partial charge in [0.05, 0.1) is 18.4 Å². The Morgan fingerprint density at radius 2 is 1.56 bits per heavy atom. The number of esters is 1. The van der Waals surface area contributed by atoms with Crippen molar-refractivity contribution in [2.75, 3.05) is 13.7 Å². The Morgan fingerprint density at radius 3 is 2.15 bits per heavy atom. The summed E-state index contributed by atoms with van der Waals surface area (Å²) in [5, 5.41) is 3.87. The first kappa shape index (κ1) is 25.4. The quantitative estimate of drug-likeness (QED) is 0.454. The maximum atomic E-state index is 12.9. The third-order valence-electron chi connectivity index (χ3n) is 5.99. The summed E-state index contributed by atoms with van der Waals surface area (Å²) in [5.74, 6) is 0.610. The van der Waals surface area contributed by atoms with Crippen LogP contribution in [0, 0.1) is 34.6 Å². The highest BCUT2D eigenvalue weighted by Gasteiger charge is 2.23. The van der Waals surface area contributed by atoms with Gasteiger partial charge in [0.25, 0.3) is 5.89 Å². The molecule has 2 aromatic carbocycles. The summed E-state index contributed by atoms with van der Waals surface area (Å²) in [6.45, 7) is 9.09.